The van der Waals surface area contributed by atoms with Crippen LogP contribution in [0.1, 0.15) is 0 Å². The molecule has 6 heteroatoms. The number of thiophene rings is 1. The normalized spacial score (nSPS) is 11.4. The molecule has 4 aromatic rings. The van der Waals surface area contributed by atoms with Gasteiger partial charge >= 0.3 is 0 Å². The minimum atomic E-state index is 0.420. The number of rotatable bonds is 1. The van der Waals surface area contributed by atoms with Gasteiger partial charge in [0.1, 0.15) is 17.7 Å². The molecule has 0 atom stereocenters. The van der Waals surface area contributed by atoms with Crippen LogP contribution in [0.15, 0.2) is 36.0 Å². The number of hydrogen-bond donors (Lipinski definition) is 2. The van der Waals surface area contributed by atoms with Crippen molar-refractivity contribution in [2.75, 3.05) is 5.73 Å². The zero-order valence-corrected chi connectivity index (χ0v) is 10.6. The van der Waals surface area contributed by atoms with E-state index < -0.39 is 0 Å². The van der Waals surface area contributed by atoms with E-state index in [2.05, 4.69) is 37.4 Å². The van der Waals surface area contributed by atoms with Gasteiger partial charge in [0, 0.05) is 21.0 Å². The number of nitrogen functional groups attached to an aromatic ring is 1. The number of fused-ring (bicyclic) bond motifs is 2. The van der Waals surface area contributed by atoms with E-state index in [0.717, 1.165) is 11.4 Å². The summed E-state index contributed by atoms with van der Waals surface area (Å²) in [4.78, 5) is 15.8. The van der Waals surface area contributed by atoms with Gasteiger partial charge in [0.05, 0.1) is 0 Å². The average molecular weight is 267 g/mol. The second-order valence-electron chi connectivity index (χ2n) is 4.19. The molecule has 0 aliphatic heterocycles. The first kappa shape index (κ1) is 10.5. The van der Waals surface area contributed by atoms with Crippen molar-refractivity contribution in [3.05, 3.63) is 36.0 Å². The van der Waals surface area contributed by atoms with Gasteiger partial charge in [0.25, 0.3) is 0 Å². The Morgan fingerprint density at radius 3 is 2.95 bits per heavy atom. The zero-order chi connectivity index (χ0) is 12.8. The number of nitrogens with one attached hydrogen (secondary N) is 1. The Labute approximate surface area is 112 Å². The van der Waals surface area contributed by atoms with Crippen LogP contribution in [-0.2, 0) is 0 Å². The summed E-state index contributed by atoms with van der Waals surface area (Å²) in [6, 6.07) is 8.24. The van der Waals surface area contributed by atoms with Gasteiger partial charge in [-0.2, -0.15) is 0 Å². The van der Waals surface area contributed by atoms with E-state index in [-0.39, 0.29) is 0 Å². The number of aromatic amines is 1. The molecular weight excluding hydrogens is 258 g/mol. The number of benzene rings is 1. The summed E-state index contributed by atoms with van der Waals surface area (Å²) >= 11 is 1.70. The molecule has 4 rings (SSSR count). The SMILES string of the molecule is Nc1ncnc2nc(-c3csc4ccccc34)[nH]c12. The van der Waals surface area contributed by atoms with Crippen molar-refractivity contribution in [2.24, 2.45) is 0 Å². The summed E-state index contributed by atoms with van der Waals surface area (Å²) in [6.07, 6.45) is 1.42. The van der Waals surface area contributed by atoms with E-state index in [4.69, 9.17) is 5.73 Å². The highest BCUT2D eigenvalue weighted by Crippen LogP contribution is 2.33. The predicted molar refractivity (Wildman–Crippen MR) is 76.9 cm³/mol. The lowest BCUT2D eigenvalue weighted by atomic mass is 10.2. The standard InChI is InChI=1S/C13H9N5S/c14-11-10-13(16-6-15-11)18-12(17-10)8-5-19-9-4-2-1-3-7(8)9/h1-6H,(H3,14,15,16,17,18). The molecule has 0 spiro atoms. The predicted octanol–water partition coefficient (Wildman–Crippen LogP) is 2.82. The van der Waals surface area contributed by atoms with E-state index >= 15 is 0 Å². The van der Waals surface area contributed by atoms with Crippen LogP contribution >= 0.6 is 11.3 Å². The average Bonchev–Trinajstić information content (AvgIpc) is 3.02. The topological polar surface area (TPSA) is 80.5 Å². The van der Waals surface area contributed by atoms with Crippen LogP contribution in [0.2, 0.25) is 0 Å². The number of aromatic nitrogens is 4. The van der Waals surface area contributed by atoms with Crippen LogP contribution in [0.3, 0.4) is 0 Å². The van der Waals surface area contributed by atoms with Gasteiger partial charge in [-0.25, -0.2) is 15.0 Å². The van der Waals surface area contributed by atoms with Gasteiger partial charge in [-0.1, -0.05) is 18.2 Å². The van der Waals surface area contributed by atoms with Crippen molar-refractivity contribution in [3.8, 4) is 11.4 Å². The molecule has 3 heterocycles. The Hall–Kier alpha value is -2.47. The summed E-state index contributed by atoms with van der Waals surface area (Å²) in [5, 5.41) is 3.27. The summed E-state index contributed by atoms with van der Waals surface area (Å²) in [5.41, 5.74) is 8.17. The minimum Gasteiger partial charge on any atom is -0.382 e. The van der Waals surface area contributed by atoms with Crippen LogP contribution in [0.25, 0.3) is 32.6 Å². The molecule has 3 N–H and O–H groups in total. The Morgan fingerprint density at radius 1 is 1.16 bits per heavy atom. The Bertz CT molecular complexity index is 892. The maximum Gasteiger partial charge on any atom is 0.183 e. The molecule has 92 valence electrons. The molecule has 0 unspecified atom stereocenters. The maximum absolute atomic E-state index is 5.82. The first-order valence-electron chi connectivity index (χ1n) is 5.76. The summed E-state index contributed by atoms with van der Waals surface area (Å²) in [7, 11) is 0. The van der Waals surface area contributed by atoms with Crippen molar-refractivity contribution < 1.29 is 0 Å². The summed E-state index contributed by atoms with van der Waals surface area (Å²) in [5.74, 6) is 1.20. The van der Waals surface area contributed by atoms with Crippen molar-refractivity contribution in [1.82, 2.24) is 19.9 Å². The lowest BCUT2D eigenvalue weighted by Crippen LogP contribution is -1.91. The van der Waals surface area contributed by atoms with Gasteiger partial charge in [0.15, 0.2) is 11.5 Å². The second-order valence-corrected chi connectivity index (χ2v) is 5.10. The molecule has 0 radical (unpaired) electrons. The molecule has 0 aliphatic rings. The highest BCUT2D eigenvalue weighted by Gasteiger charge is 2.12. The van der Waals surface area contributed by atoms with Crippen LogP contribution in [0.5, 0.6) is 0 Å². The number of nitrogens with two attached hydrogens (primary N) is 1. The number of H-pyrrole nitrogens is 1. The van der Waals surface area contributed by atoms with Gasteiger partial charge in [-0.3, -0.25) is 0 Å². The molecule has 0 amide bonds. The smallest absolute Gasteiger partial charge is 0.183 e. The van der Waals surface area contributed by atoms with Crippen LogP contribution in [-0.4, -0.2) is 19.9 Å². The van der Waals surface area contributed by atoms with Gasteiger partial charge in [-0.05, 0) is 6.07 Å². The van der Waals surface area contributed by atoms with Gasteiger partial charge in [-0.15, -0.1) is 11.3 Å². The van der Waals surface area contributed by atoms with E-state index in [1.807, 2.05) is 12.1 Å². The monoisotopic (exact) mass is 267 g/mol. The largest absolute Gasteiger partial charge is 0.382 e. The number of hydrogen-bond acceptors (Lipinski definition) is 5. The molecule has 0 bridgehead atoms. The quantitative estimate of drug-likeness (QED) is 0.555. The number of nitrogens with zero attached hydrogens (tertiary/aromatic N) is 3. The lowest BCUT2D eigenvalue weighted by Gasteiger charge is -1.93. The Balaban J connectivity index is 2.02. The van der Waals surface area contributed by atoms with Gasteiger partial charge in [0.2, 0.25) is 0 Å². The summed E-state index contributed by atoms with van der Waals surface area (Å²) < 4.78 is 1.23. The van der Waals surface area contributed by atoms with E-state index in [1.54, 1.807) is 11.3 Å². The molecule has 19 heavy (non-hydrogen) atoms. The Kier molecular flexibility index (Phi) is 2.07. The fraction of sp³-hybridized carbons (Fsp3) is 0. The third kappa shape index (κ3) is 1.50. The van der Waals surface area contributed by atoms with Crippen LogP contribution in [0, 0.1) is 0 Å². The molecule has 1 aromatic carbocycles. The maximum atomic E-state index is 5.82. The molecule has 0 aliphatic carbocycles. The Morgan fingerprint density at radius 2 is 2.05 bits per heavy atom. The second kappa shape index (κ2) is 3.76. The van der Waals surface area contributed by atoms with E-state index in [0.29, 0.717) is 17.0 Å². The van der Waals surface area contributed by atoms with Crippen LogP contribution < -0.4 is 5.73 Å². The minimum absolute atomic E-state index is 0.420. The molecular formula is C13H9N5S. The summed E-state index contributed by atoms with van der Waals surface area (Å²) in [6.45, 7) is 0. The fourth-order valence-corrected chi connectivity index (χ4v) is 3.08. The highest BCUT2D eigenvalue weighted by molar-refractivity contribution is 7.17. The molecule has 5 nitrogen and oxygen atoms in total. The third-order valence-corrected chi connectivity index (χ3v) is 4.02. The fourth-order valence-electron chi connectivity index (χ4n) is 2.14. The molecule has 0 saturated heterocycles. The molecule has 0 saturated carbocycles. The van der Waals surface area contributed by atoms with Crippen molar-refractivity contribution >= 4 is 38.4 Å². The van der Waals surface area contributed by atoms with Gasteiger partial charge < -0.3 is 10.7 Å². The number of imidazole rings is 1. The van der Waals surface area contributed by atoms with Crippen molar-refractivity contribution in [2.45, 2.75) is 0 Å². The lowest BCUT2D eigenvalue weighted by molar-refractivity contribution is 1.21. The molecule has 0 fully saturated rings. The van der Waals surface area contributed by atoms with Crippen molar-refractivity contribution in [3.63, 3.8) is 0 Å². The van der Waals surface area contributed by atoms with Crippen LogP contribution in [0.4, 0.5) is 5.82 Å². The zero-order valence-electron chi connectivity index (χ0n) is 9.79. The highest BCUT2D eigenvalue weighted by atomic mass is 32.1. The van der Waals surface area contributed by atoms with E-state index in [9.17, 15) is 0 Å². The first-order valence-corrected chi connectivity index (χ1v) is 6.64. The first-order chi connectivity index (χ1) is 9.33. The van der Waals surface area contributed by atoms with E-state index in [1.165, 1.54) is 16.4 Å². The number of anilines is 1. The molecule has 3 aromatic heterocycles. The third-order valence-electron chi connectivity index (χ3n) is 3.05. The van der Waals surface area contributed by atoms with Crippen molar-refractivity contribution in [1.29, 1.82) is 0 Å².